The fraction of sp³-hybridized carbons (Fsp3) is 0.257. The predicted octanol–water partition coefficient (Wildman–Crippen LogP) is 21.5. The summed E-state index contributed by atoms with van der Waals surface area (Å²) < 4.78 is 0. The molecule has 0 N–H and O–H groups in total. The molecule has 0 saturated carbocycles. The maximum atomic E-state index is 3.48. The smallest absolute Gasteiger partial charge is 0 e. The summed E-state index contributed by atoms with van der Waals surface area (Å²) in [7, 11) is 0. The summed E-state index contributed by atoms with van der Waals surface area (Å²) >= 11 is 0. The number of hydrogen-bond acceptors (Lipinski definition) is 0. The molecule has 3 radical (unpaired) electrons. The average Bonchev–Trinajstić information content (AvgIpc) is 3.43. The Kier molecular flexibility index (Phi) is 39.1. The predicted molar refractivity (Wildman–Crippen MR) is 315 cm³/mol. The summed E-state index contributed by atoms with van der Waals surface area (Å²) in [5.41, 5.74) is 14.3. The summed E-state index contributed by atoms with van der Waals surface area (Å²) in [6.45, 7) is 36.7. The molecule has 0 spiro atoms. The van der Waals surface area contributed by atoms with Crippen LogP contribution >= 0.6 is 0 Å². The van der Waals surface area contributed by atoms with Crippen molar-refractivity contribution in [2.75, 3.05) is 0 Å². The first-order valence-electron chi connectivity index (χ1n) is 25.8. The van der Waals surface area contributed by atoms with Crippen molar-refractivity contribution in [1.82, 2.24) is 0 Å². The molecule has 0 atom stereocenters. The molecule has 0 bridgehead atoms. The van der Waals surface area contributed by atoms with Crippen molar-refractivity contribution in [2.24, 2.45) is 0 Å². The molecule has 0 aliphatic carbocycles. The van der Waals surface area contributed by atoms with Crippen LogP contribution in [-0.2, 0) is 98.1 Å². The van der Waals surface area contributed by atoms with Gasteiger partial charge < -0.3 is 0 Å². The average molecular weight is 1190 g/mol. The minimum atomic E-state index is 0. The minimum absolute atomic E-state index is 0. The number of aryl methyl sites for hydroxylation is 6. The fourth-order valence-corrected chi connectivity index (χ4v) is 7.74. The van der Waals surface area contributed by atoms with E-state index >= 15 is 0 Å². The molecule has 375 valence electrons. The monoisotopic (exact) mass is 1190 g/mol. The van der Waals surface area contributed by atoms with Crippen molar-refractivity contribution in [3.63, 3.8) is 0 Å². The first kappa shape index (κ1) is 71.6. The molecule has 0 fully saturated rings. The summed E-state index contributed by atoms with van der Waals surface area (Å²) in [4.78, 5) is 0. The zero-order chi connectivity index (χ0) is 52.2. The standard InChI is InChI=1S/2C22H16.C14H12.6C2H6.3Y/c1-15-7-3-11-19-17(15)9-5-13-21(19)22-14-6-10-18-16(2)8-4-12-20(18)22;1-15-11-13-21(19-9-5-3-7-17(15)19)22-14-12-16(2)18-8-4-6-10-20(18)22;1-11-3-7-13(8-4-11)14-9-5-12(2)6-10-14;6*1-2;;;/h2*3-12H,1-2H3;3-7,9H,1-2H3;6*1-2H3;;;/q3*-2;;;;;;;;;. The number of fused-ring (bicyclic) bond motifs is 4. The quantitative estimate of drug-likeness (QED) is 0.155. The zero-order valence-corrected chi connectivity index (χ0v) is 56.3. The SMILES string of the molecule is CC.CC.CC.CC.CC.CC.Cc1c[c-]c(-c2[c-]cc(C)c3ccccc23)c2ccccc12.Cc1c[c-]c(-c2[c-]cc(C)cc2)cc1.Cc1cccc2c(-c3[c-]ccc4c(C)cccc34)[c-]ccc12.[Y].[Y].[Y]. The Hall–Kier alpha value is -3.45. The first-order valence-corrected chi connectivity index (χ1v) is 25.8. The van der Waals surface area contributed by atoms with E-state index in [1.165, 1.54) is 76.5 Å². The van der Waals surface area contributed by atoms with Crippen LogP contribution in [0.1, 0.15) is 116 Å². The molecule has 0 aliphatic rings. The van der Waals surface area contributed by atoms with Crippen molar-refractivity contribution >= 4 is 43.1 Å². The van der Waals surface area contributed by atoms with Gasteiger partial charge in [-0.3, -0.25) is 0 Å². The van der Waals surface area contributed by atoms with Gasteiger partial charge in [0.15, 0.2) is 0 Å². The third-order valence-corrected chi connectivity index (χ3v) is 11.0. The van der Waals surface area contributed by atoms with E-state index in [1.807, 2.05) is 107 Å². The molecule has 10 aromatic rings. The van der Waals surface area contributed by atoms with E-state index < -0.39 is 0 Å². The molecule has 10 aromatic carbocycles. The molecular weight excluding hydrogens is 1110 g/mol. The number of hydrogen-bond donors (Lipinski definition) is 0. The van der Waals surface area contributed by atoms with Gasteiger partial charge >= 0.3 is 0 Å². The van der Waals surface area contributed by atoms with E-state index in [0.717, 1.165) is 33.4 Å². The van der Waals surface area contributed by atoms with Crippen LogP contribution in [0.2, 0.25) is 0 Å². The van der Waals surface area contributed by atoms with Crippen LogP contribution in [0.5, 0.6) is 0 Å². The van der Waals surface area contributed by atoms with Crippen LogP contribution in [0.4, 0.5) is 0 Å². The molecule has 73 heavy (non-hydrogen) atoms. The normalized spacial score (nSPS) is 9.18. The van der Waals surface area contributed by atoms with Crippen molar-refractivity contribution in [3.8, 4) is 33.4 Å². The van der Waals surface area contributed by atoms with Gasteiger partial charge in [-0.25, -0.2) is 33.4 Å². The molecule has 10 rings (SSSR count). The Morgan fingerprint density at radius 1 is 0.233 bits per heavy atom. The van der Waals surface area contributed by atoms with Gasteiger partial charge in [0.2, 0.25) is 0 Å². The van der Waals surface area contributed by atoms with Crippen molar-refractivity contribution in [2.45, 2.75) is 125 Å². The van der Waals surface area contributed by atoms with Crippen LogP contribution in [0, 0.1) is 77.9 Å². The largest absolute Gasteiger partial charge is 0.226 e. The topological polar surface area (TPSA) is 0 Å². The van der Waals surface area contributed by atoms with Crippen molar-refractivity contribution in [1.29, 1.82) is 0 Å². The van der Waals surface area contributed by atoms with Crippen LogP contribution in [-0.4, -0.2) is 0 Å². The van der Waals surface area contributed by atoms with Gasteiger partial charge in [-0.15, -0.1) is 102 Å². The van der Waals surface area contributed by atoms with E-state index in [2.05, 4.69) is 211 Å². The van der Waals surface area contributed by atoms with Crippen LogP contribution in [0.25, 0.3) is 76.5 Å². The molecule has 0 heterocycles. The molecule has 3 heteroatoms. The number of benzene rings is 10. The molecule has 0 nitrogen and oxygen atoms in total. The fourth-order valence-electron chi connectivity index (χ4n) is 7.74. The van der Waals surface area contributed by atoms with Gasteiger partial charge in [-0.2, -0.15) is 97.1 Å². The Morgan fingerprint density at radius 3 is 0.808 bits per heavy atom. The van der Waals surface area contributed by atoms with Crippen LogP contribution < -0.4 is 0 Å². The van der Waals surface area contributed by atoms with Gasteiger partial charge in [-0.1, -0.05) is 183 Å². The number of rotatable bonds is 3. The van der Waals surface area contributed by atoms with Gasteiger partial charge in [-0.05, 0) is 13.8 Å². The molecule has 0 unspecified atom stereocenters. The Bertz CT molecular complexity index is 2770. The second kappa shape index (κ2) is 39.9. The van der Waals surface area contributed by atoms with Gasteiger partial charge in [0, 0.05) is 98.1 Å². The molecule has 0 amide bonds. The maximum Gasteiger partial charge on any atom is 0 e. The molecular formula is C70H80Y3-6. The maximum absolute atomic E-state index is 3.48. The molecule has 0 aromatic heterocycles. The van der Waals surface area contributed by atoms with E-state index in [1.54, 1.807) is 0 Å². The first-order chi connectivity index (χ1) is 34.3. The third-order valence-electron chi connectivity index (χ3n) is 11.0. The Morgan fingerprint density at radius 2 is 0.507 bits per heavy atom. The minimum Gasteiger partial charge on any atom is -0.226 e. The van der Waals surface area contributed by atoms with Gasteiger partial charge in [0.25, 0.3) is 0 Å². The van der Waals surface area contributed by atoms with Crippen LogP contribution in [0.15, 0.2) is 158 Å². The van der Waals surface area contributed by atoms with Crippen molar-refractivity contribution < 1.29 is 98.1 Å². The Labute approximate surface area is 520 Å². The summed E-state index contributed by atoms with van der Waals surface area (Å²) in [6, 6.07) is 75.1. The second-order valence-electron chi connectivity index (χ2n) is 15.1. The molecule has 0 aliphatic heterocycles. The van der Waals surface area contributed by atoms with Gasteiger partial charge in [0.1, 0.15) is 0 Å². The zero-order valence-electron chi connectivity index (χ0n) is 47.7. The summed E-state index contributed by atoms with van der Waals surface area (Å²) in [6.07, 6.45) is 0. The molecule has 0 saturated heterocycles. The van der Waals surface area contributed by atoms with E-state index in [4.69, 9.17) is 0 Å². The van der Waals surface area contributed by atoms with E-state index in [-0.39, 0.29) is 98.1 Å². The van der Waals surface area contributed by atoms with E-state index in [9.17, 15) is 0 Å². The summed E-state index contributed by atoms with van der Waals surface area (Å²) in [5, 5.41) is 10.1. The summed E-state index contributed by atoms with van der Waals surface area (Å²) in [5.74, 6) is 0. The van der Waals surface area contributed by atoms with E-state index in [0.29, 0.717) is 0 Å². The second-order valence-corrected chi connectivity index (χ2v) is 15.1. The van der Waals surface area contributed by atoms with Crippen molar-refractivity contribution in [3.05, 3.63) is 228 Å². The van der Waals surface area contributed by atoms with Crippen LogP contribution in [0.3, 0.4) is 0 Å². The third kappa shape index (κ3) is 19.6. The Balaban J connectivity index is 0. The van der Waals surface area contributed by atoms with Gasteiger partial charge in [0.05, 0.1) is 0 Å².